The Morgan fingerprint density at radius 2 is 1.52 bits per heavy atom. The first-order chi connectivity index (χ1) is 14.1. The highest BCUT2D eigenvalue weighted by molar-refractivity contribution is 7.99. The van der Waals surface area contributed by atoms with Crippen molar-refractivity contribution in [2.45, 2.75) is 15.2 Å². The normalized spacial score (nSPS) is 17.1. The third-order valence-electron chi connectivity index (χ3n) is 5.33. The lowest BCUT2D eigenvalue weighted by molar-refractivity contribution is 0.0730. The maximum atomic E-state index is 12.8. The van der Waals surface area contributed by atoms with E-state index in [9.17, 15) is 8.42 Å². The Balaban J connectivity index is 1.42. The Bertz CT molecular complexity index is 1100. The van der Waals surface area contributed by atoms with Crippen LogP contribution in [0.1, 0.15) is 16.4 Å². The molecule has 0 radical (unpaired) electrons. The molecule has 1 saturated heterocycles. The fraction of sp³-hybridized carbons (Fsp3) is 0.227. The maximum absolute atomic E-state index is 12.8. The summed E-state index contributed by atoms with van der Waals surface area (Å²) >= 11 is 1.65. The van der Waals surface area contributed by atoms with Crippen molar-refractivity contribution in [1.29, 1.82) is 0 Å². The number of rotatable bonds is 4. The van der Waals surface area contributed by atoms with Crippen LogP contribution in [0.2, 0.25) is 0 Å². The predicted octanol–water partition coefficient (Wildman–Crippen LogP) is 3.96. The zero-order chi connectivity index (χ0) is 19.8. The fourth-order valence-electron chi connectivity index (χ4n) is 3.88. The monoisotopic (exact) mass is 424 g/mol. The highest BCUT2D eigenvalue weighted by Gasteiger charge is 2.30. The molecule has 7 heteroatoms. The van der Waals surface area contributed by atoms with Gasteiger partial charge >= 0.3 is 0 Å². The van der Waals surface area contributed by atoms with Crippen molar-refractivity contribution >= 4 is 21.8 Å². The molecule has 29 heavy (non-hydrogen) atoms. The maximum Gasteiger partial charge on any atom is 0.244 e. The molecule has 148 valence electrons. The summed E-state index contributed by atoms with van der Waals surface area (Å²) in [6, 6.07) is 20.3. The highest BCUT2D eigenvalue weighted by Crippen LogP contribution is 2.51. The van der Waals surface area contributed by atoms with E-state index in [4.69, 9.17) is 4.74 Å². The minimum absolute atomic E-state index is 0.150. The summed E-state index contributed by atoms with van der Waals surface area (Å²) in [6.07, 6.45) is 1.47. The number of ether oxygens (including phenoxy) is 1. The first-order valence-corrected chi connectivity index (χ1v) is 11.9. The van der Waals surface area contributed by atoms with Gasteiger partial charge in [-0.25, -0.2) is 13.4 Å². The molecule has 0 spiro atoms. The second-order valence-corrected chi connectivity index (χ2v) is 10.1. The summed E-state index contributed by atoms with van der Waals surface area (Å²) in [7, 11) is -3.52. The minimum atomic E-state index is -3.52. The zero-order valence-corrected chi connectivity index (χ0v) is 17.3. The molecule has 1 aliphatic heterocycles. The molecule has 5 rings (SSSR count). The van der Waals surface area contributed by atoms with Gasteiger partial charge in [0.1, 0.15) is 4.90 Å². The van der Waals surface area contributed by atoms with Gasteiger partial charge in [0.05, 0.1) is 23.5 Å². The van der Waals surface area contributed by atoms with Crippen LogP contribution in [0.3, 0.4) is 0 Å². The third kappa shape index (κ3) is 3.38. The number of sulfonamides is 1. The van der Waals surface area contributed by atoms with Crippen molar-refractivity contribution < 1.29 is 13.2 Å². The molecule has 2 heterocycles. The smallest absolute Gasteiger partial charge is 0.244 e. The van der Waals surface area contributed by atoms with E-state index in [2.05, 4.69) is 53.5 Å². The van der Waals surface area contributed by atoms with Gasteiger partial charge < -0.3 is 4.74 Å². The van der Waals surface area contributed by atoms with Crippen molar-refractivity contribution in [2.24, 2.45) is 0 Å². The Hall–Kier alpha value is -2.19. The summed E-state index contributed by atoms with van der Waals surface area (Å²) in [5.41, 5.74) is 5.05. The zero-order valence-electron chi connectivity index (χ0n) is 15.7. The fourth-order valence-corrected chi connectivity index (χ4v) is 6.40. The van der Waals surface area contributed by atoms with E-state index < -0.39 is 10.0 Å². The van der Waals surface area contributed by atoms with Crippen LogP contribution in [0.5, 0.6) is 0 Å². The molecule has 0 saturated carbocycles. The molecule has 1 aliphatic carbocycles. The quantitative estimate of drug-likeness (QED) is 0.634. The number of morpholine rings is 1. The topological polar surface area (TPSA) is 59.5 Å². The number of benzene rings is 2. The number of hydrogen-bond donors (Lipinski definition) is 0. The van der Waals surface area contributed by atoms with Crippen molar-refractivity contribution in [3.8, 4) is 11.1 Å². The third-order valence-corrected chi connectivity index (χ3v) is 8.44. The van der Waals surface area contributed by atoms with Crippen LogP contribution in [0, 0.1) is 0 Å². The van der Waals surface area contributed by atoms with E-state index in [1.165, 1.54) is 32.8 Å². The summed E-state index contributed by atoms with van der Waals surface area (Å²) < 4.78 is 32.3. The Labute approximate surface area is 174 Å². The van der Waals surface area contributed by atoms with Crippen LogP contribution in [0.15, 0.2) is 76.8 Å². The molecule has 2 aromatic carbocycles. The molecular weight excluding hydrogens is 404 g/mol. The lowest BCUT2D eigenvalue weighted by Gasteiger charge is -2.25. The van der Waals surface area contributed by atoms with Crippen molar-refractivity contribution in [3.05, 3.63) is 78.0 Å². The average molecular weight is 425 g/mol. The van der Waals surface area contributed by atoms with Crippen LogP contribution in [0.4, 0.5) is 0 Å². The Morgan fingerprint density at radius 3 is 2.10 bits per heavy atom. The van der Waals surface area contributed by atoms with Crippen LogP contribution in [0.25, 0.3) is 11.1 Å². The van der Waals surface area contributed by atoms with Gasteiger partial charge in [0, 0.05) is 19.3 Å². The average Bonchev–Trinajstić information content (AvgIpc) is 3.09. The highest BCUT2D eigenvalue weighted by atomic mass is 32.2. The minimum Gasteiger partial charge on any atom is -0.379 e. The molecular formula is C22H20N2O3S2. The van der Waals surface area contributed by atoms with Crippen molar-refractivity contribution in [1.82, 2.24) is 9.29 Å². The second-order valence-electron chi connectivity index (χ2n) is 7.02. The molecule has 0 unspecified atom stereocenters. The second kappa shape index (κ2) is 7.57. The van der Waals surface area contributed by atoms with Crippen LogP contribution in [-0.4, -0.2) is 44.0 Å². The van der Waals surface area contributed by atoms with Crippen molar-refractivity contribution in [2.75, 3.05) is 26.3 Å². The summed E-state index contributed by atoms with van der Waals surface area (Å²) in [4.78, 5) is 4.71. The first-order valence-electron chi connectivity index (χ1n) is 9.53. The molecule has 0 atom stereocenters. The number of hydrogen-bond acceptors (Lipinski definition) is 5. The van der Waals surface area contributed by atoms with Gasteiger partial charge in [-0.1, -0.05) is 60.3 Å². The first kappa shape index (κ1) is 18.8. The number of fused-ring (bicyclic) bond motifs is 3. The van der Waals surface area contributed by atoms with Gasteiger partial charge in [-0.3, -0.25) is 0 Å². The van der Waals surface area contributed by atoms with Crippen LogP contribution >= 0.6 is 11.8 Å². The van der Waals surface area contributed by atoms with Gasteiger partial charge in [0.2, 0.25) is 10.0 Å². The van der Waals surface area contributed by atoms with Crippen LogP contribution < -0.4 is 0 Å². The molecule has 5 nitrogen and oxygen atoms in total. The Kier molecular flexibility index (Phi) is 4.91. The van der Waals surface area contributed by atoms with E-state index >= 15 is 0 Å². The summed E-state index contributed by atoms with van der Waals surface area (Å²) in [5, 5.41) is 0.957. The molecule has 0 N–H and O–H groups in total. The largest absolute Gasteiger partial charge is 0.379 e. The number of aromatic nitrogens is 1. The van der Waals surface area contributed by atoms with Crippen LogP contribution in [-0.2, 0) is 14.8 Å². The number of pyridine rings is 1. The Morgan fingerprint density at radius 1 is 0.897 bits per heavy atom. The van der Waals surface area contributed by atoms with Gasteiger partial charge in [-0.15, -0.1) is 0 Å². The van der Waals surface area contributed by atoms with Gasteiger partial charge in [-0.2, -0.15) is 4.31 Å². The van der Waals surface area contributed by atoms with Gasteiger partial charge in [0.15, 0.2) is 0 Å². The predicted molar refractivity (Wildman–Crippen MR) is 113 cm³/mol. The summed E-state index contributed by atoms with van der Waals surface area (Å²) in [5.74, 6) is 0. The SMILES string of the molecule is O=S(=O)(c1ccc(SC2c3ccccc3-c3ccccc32)nc1)N1CCOCC1. The van der Waals surface area contributed by atoms with Crippen molar-refractivity contribution in [3.63, 3.8) is 0 Å². The molecule has 1 aromatic heterocycles. The molecule has 0 bridgehead atoms. The van der Waals surface area contributed by atoms with E-state index in [1.54, 1.807) is 17.8 Å². The van der Waals surface area contributed by atoms with E-state index in [0.29, 0.717) is 26.3 Å². The van der Waals surface area contributed by atoms with E-state index in [0.717, 1.165) is 5.03 Å². The van der Waals surface area contributed by atoms with Gasteiger partial charge in [-0.05, 0) is 34.4 Å². The summed E-state index contributed by atoms with van der Waals surface area (Å²) in [6.45, 7) is 1.63. The molecule has 3 aromatic rings. The van der Waals surface area contributed by atoms with Gasteiger partial charge in [0.25, 0.3) is 0 Å². The lowest BCUT2D eigenvalue weighted by atomic mass is 10.1. The molecule has 1 fully saturated rings. The number of nitrogens with zero attached hydrogens (tertiary/aromatic N) is 2. The molecule has 2 aliphatic rings. The van der Waals surface area contributed by atoms with E-state index in [1.807, 2.05) is 6.07 Å². The lowest BCUT2D eigenvalue weighted by Crippen LogP contribution is -2.40. The van der Waals surface area contributed by atoms with E-state index in [-0.39, 0.29) is 10.1 Å². The number of thioether (sulfide) groups is 1. The standard InChI is InChI=1S/C22H20N2O3S2/c25-29(26,24-11-13-27-14-12-24)16-9-10-21(23-15-16)28-22-19-7-3-1-5-17(19)18-6-2-4-8-20(18)22/h1-10,15,22H,11-14H2. The molecule has 0 amide bonds.